The summed E-state index contributed by atoms with van der Waals surface area (Å²) in [5.74, 6) is -0.189. The maximum absolute atomic E-state index is 13.3. The molecule has 2 heteroatoms. The zero-order chi connectivity index (χ0) is 13.7. The van der Waals surface area contributed by atoms with Gasteiger partial charge in [0, 0.05) is 6.54 Å². The normalized spacial score (nSPS) is 10.7. The van der Waals surface area contributed by atoms with E-state index in [0.29, 0.717) is 0 Å². The van der Waals surface area contributed by atoms with Gasteiger partial charge in [-0.1, -0.05) is 31.2 Å². The van der Waals surface area contributed by atoms with Crippen LogP contribution in [0.15, 0.2) is 42.5 Å². The van der Waals surface area contributed by atoms with Gasteiger partial charge in [0.1, 0.15) is 5.82 Å². The fourth-order valence-electron chi connectivity index (χ4n) is 2.16. The van der Waals surface area contributed by atoms with Crippen LogP contribution in [0.25, 0.3) is 11.1 Å². The highest BCUT2D eigenvalue weighted by atomic mass is 19.1. The Morgan fingerprint density at radius 3 is 2.68 bits per heavy atom. The Balaban J connectivity index is 2.26. The third-order valence-corrected chi connectivity index (χ3v) is 3.19. The first-order chi connectivity index (χ1) is 9.20. The first-order valence-corrected chi connectivity index (χ1v) is 6.77. The molecular weight excluding hydrogens is 237 g/mol. The zero-order valence-corrected chi connectivity index (χ0v) is 11.5. The number of nitrogens with one attached hydrogen (secondary N) is 1. The fourth-order valence-corrected chi connectivity index (χ4v) is 2.16. The van der Waals surface area contributed by atoms with Gasteiger partial charge >= 0.3 is 0 Å². The minimum Gasteiger partial charge on any atom is -0.313 e. The summed E-state index contributed by atoms with van der Waals surface area (Å²) in [5, 5.41) is 3.39. The predicted molar refractivity (Wildman–Crippen MR) is 78.6 cm³/mol. The van der Waals surface area contributed by atoms with E-state index in [9.17, 15) is 4.39 Å². The number of hydrogen-bond donors (Lipinski definition) is 1. The summed E-state index contributed by atoms with van der Waals surface area (Å²) in [6.07, 6.45) is 1.13. The molecule has 0 aliphatic rings. The Kier molecular flexibility index (Phi) is 4.69. The SMILES string of the molecule is CCCNCc1ccc(C)c(-c2cccc(F)c2)c1. The standard InChI is InChI=1S/C17H20FN/c1-3-9-19-12-14-8-7-13(2)17(10-14)15-5-4-6-16(18)11-15/h4-8,10-11,19H,3,9,12H2,1-2H3. The lowest BCUT2D eigenvalue weighted by Gasteiger charge is -2.10. The molecule has 0 radical (unpaired) electrons. The Bertz CT molecular complexity index is 549. The molecule has 0 unspecified atom stereocenters. The molecule has 1 nitrogen and oxygen atoms in total. The molecule has 0 fully saturated rings. The Hall–Kier alpha value is -1.67. The van der Waals surface area contributed by atoms with Crippen LogP contribution < -0.4 is 5.32 Å². The quantitative estimate of drug-likeness (QED) is 0.787. The first kappa shape index (κ1) is 13.8. The lowest BCUT2D eigenvalue weighted by Crippen LogP contribution is -2.13. The summed E-state index contributed by atoms with van der Waals surface area (Å²) in [7, 11) is 0. The lowest BCUT2D eigenvalue weighted by molar-refractivity contribution is 0.628. The Labute approximate surface area is 114 Å². The molecule has 0 atom stereocenters. The molecule has 0 bridgehead atoms. The monoisotopic (exact) mass is 257 g/mol. The van der Waals surface area contributed by atoms with E-state index in [4.69, 9.17) is 0 Å². The van der Waals surface area contributed by atoms with E-state index in [2.05, 4.69) is 37.4 Å². The van der Waals surface area contributed by atoms with Gasteiger partial charge in [-0.2, -0.15) is 0 Å². The zero-order valence-electron chi connectivity index (χ0n) is 11.5. The van der Waals surface area contributed by atoms with Crippen LogP contribution in [0.5, 0.6) is 0 Å². The summed E-state index contributed by atoms with van der Waals surface area (Å²) in [6, 6.07) is 13.1. The van der Waals surface area contributed by atoms with Gasteiger partial charge in [-0.05, 0) is 60.3 Å². The molecule has 2 aromatic rings. The maximum Gasteiger partial charge on any atom is 0.123 e. The van der Waals surface area contributed by atoms with Crippen LogP contribution >= 0.6 is 0 Å². The second-order valence-electron chi connectivity index (χ2n) is 4.84. The molecule has 0 aliphatic carbocycles. The van der Waals surface area contributed by atoms with Crippen LogP contribution in [0.2, 0.25) is 0 Å². The first-order valence-electron chi connectivity index (χ1n) is 6.77. The van der Waals surface area contributed by atoms with Gasteiger partial charge in [0.15, 0.2) is 0 Å². The largest absolute Gasteiger partial charge is 0.313 e. The highest BCUT2D eigenvalue weighted by Crippen LogP contribution is 2.25. The molecule has 0 aliphatic heterocycles. The van der Waals surface area contributed by atoms with Crippen LogP contribution in [-0.4, -0.2) is 6.54 Å². The summed E-state index contributed by atoms with van der Waals surface area (Å²) < 4.78 is 13.3. The topological polar surface area (TPSA) is 12.0 Å². The second kappa shape index (κ2) is 6.48. The summed E-state index contributed by atoms with van der Waals surface area (Å²) >= 11 is 0. The van der Waals surface area contributed by atoms with Gasteiger partial charge in [0.2, 0.25) is 0 Å². The average Bonchev–Trinajstić information content (AvgIpc) is 2.41. The summed E-state index contributed by atoms with van der Waals surface area (Å²) in [5.41, 5.74) is 4.45. The van der Waals surface area contributed by atoms with Gasteiger partial charge in [0.05, 0.1) is 0 Å². The minimum absolute atomic E-state index is 0.189. The van der Waals surface area contributed by atoms with Gasteiger partial charge < -0.3 is 5.32 Å². The fraction of sp³-hybridized carbons (Fsp3) is 0.294. The van der Waals surface area contributed by atoms with E-state index in [-0.39, 0.29) is 5.82 Å². The van der Waals surface area contributed by atoms with Crippen molar-refractivity contribution in [2.75, 3.05) is 6.54 Å². The number of benzene rings is 2. The smallest absolute Gasteiger partial charge is 0.123 e. The van der Waals surface area contributed by atoms with Crippen molar-refractivity contribution in [2.45, 2.75) is 26.8 Å². The highest BCUT2D eigenvalue weighted by molar-refractivity contribution is 5.67. The molecule has 19 heavy (non-hydrogen) atoms. The van der Waals surface area contributed by atoms with Crippen molar-refractivity contribution >= 4 is 0 Å². The number of halogens is 1. The summed E-state index contributed by atoms with van der Waals surface area (Å²) in [6.45, 7) is 6.09. The van der Waals surface area contributed by atoms with E-state index < -0.39 is 0 Å². The summed E-state index contributed by atoms with van der Waals surface area (Å²) in [4.78, 5) is 0. The Morgan fingerprint density at radius 1 is 1.11 bits per heavy atom. The van der Waals surface area contributed by atoms with Crippen molar-refractivity contribution < 1.29 is 4.39 Å². The van der Waals surface area contributed by atoms with Crippen LogP contribution in [0.1, 0.15) is 24.5 Å². The van der Waals surface area contributed by atoms with Gasteiger partial charge in [-0.25, -0.2) is 4.39 Å². The van der Waals surface area contributed by atoms with Gasteiger partial charge in [0.25, 0.3) is 0 Å². The maximum atomic E-state index is 13.3. The van der Waals surface area contributed by atoms with Crippen LogP contribution in [-0.2, 0) is 6.54 Å². The van der Waals surface area contributed by atoms with E-state index >= 15 is 0 Å². The van der Waals surface area contributed by atoms with Crippen molar-refractivity contribution in [1.29, 1.82) is 0 Å². The molecule has 100 valence electrons. The molecular formula is C17H20FN. The molecule has 0 spiro atoms. The van der Waals surface area contributed by atoms with Crippen molar-refractivity contribution in [3.8, 4) is 11.1 Å². The van der Waals surface area contributed by atoms with E-state index in [0.717, 1.165) is 30.6 Å². The van der Waals surface area contributed by atoms with Crippen molar-refractivity contribution in [2.24, 2.45) is 0 Å². The van der Waals surface area contributed by atoms with E-state index in [1.165, 1.54) is 17.2 Å². The third kappa shape index (κ3) is 3.65. The molecule has 1 N–H and O–H groups in total. The van der Waals surface area contributed by atoms with E-state index in [1.54, 1.807) is 12.1 Å². The van der Waals surface area contributed by atoms with Gasteiger partial charge in [-0.3, -0.25) is 0 Å². The second-order valence-corrected chi connectivity index (χ2v) is 4.84. The van der Waals surface area contributed by atoms with Crippen molar-refractivity contribution in [3.05, 3.63) is 59.4 Å². The van der Waals surface area contributed by atoms with Crippen molar-refractivity contribution in [1.82, 2.24) is 5.32 Å². The lowest BCUT2D eigenvalue weighted by atomic mass is 9.98. The average molecular weight is 257 g/mol. The number of aryl methyl sites for hydroxylation is 1. The van der Waals surface area contributed by atoms with Crippen LogP contribution in [0.4, 0.5) is 4.39 Å². The van der Waals surface area contributed by atoms with E-state index in [1.807, 2.05) is 6.07 Å². The number of hydrogen-bond acceptors (Lipinski definition) is 1. The molecule has 0 aromatic heterocycles. The molecule has 0 saturated heterocycles. The van der Waals surface area contributed by atoms with Crippen LogP contribution in [0, 0.1) is 12.7 Å². The third-order valence-electron chi connectivity index (χ3n) is 3.19. The predicted octanol–water partition coefficient (Wildman–Crippen LogP) is 4.30. The van der Waals surface area contributed by atoms with Crippen LogP contribution in [0.3, 0.4) is 0 Å². The molecule has 0 saturated carbocycles. The molecule has 0 heterocycles. The van der Waals surface area contributed by atoms with Crippen molar-refractivity contribution in [3.63, 3.8) is 0 Å². The Morgan fingerprint density at radius 2 is 1.95 bits per heavy atom. The van der Waals surface area contributed by atoms with Gasteiger partial charge in [-0.15, -0.1) is 0 Å². The molecule has 0 amide bonds. The highest BCUT2D eigenvalue weighted by Gasteiger charge is 2.04. The minimum atomic E-state index is -0.189. The molecule has 2 rings (SSSR count). The number of rotatable bonds is 5. The molecule has 2 aromatic carbocycles.